The standard InChI is InChI=1S/C15H13NO5/c17-12-6-5-8(7-11(12)15(20)21)16-13(18)9-3-1-2-4-10(9)14(16)19/h1-2,5-7,9-10,17H,3-4H2,(H,20,21)/t9-,10-/m1/s1. The maximum Gasteiger partial charge on any atom is 0.339 e. The first-order chi connectivity index (χ1) is 10.0. The summed E-state index contributed by atoms with van der Waals surface area (Å²) in [6.07, 6.45) is 4.82. The fourth-order valence-corrected chi connectivity index (χ4v) is 2.89. The first kappa shape index (κ1) is 13.4. The number of amides is 2. The number of carboxylic acids is 1. The van der Waals surface area contributed by atoms with E-state index in [1.807, 2.05) is 12.2 Å². The number of phenols is 1. The second kappa shape index (κ2) is 4.73. The van der Waals surface area contributed by atoms with Crippen LogP contribution in [0.4, 0.5) is 5.69 Å². The third-order valence-electron chi connectivity index (χ3n) is 3.98. The van der Waals surface area contributed by atoms with Gasteiger partial charge in [0.1, 0.15) is 11.3 Å². The summed E-state index contributed by atoms with van der Waals surface area (Å²) in [5.74, 6) is -3.07. The number of aromatic hydroxyl groups is 1. The number of rotatable bonds is 2. The number of anilines is 1. The van der Waals surface area contributed by atoms with Crippen molar-refractivity contribution in [2.75, 3.05) is 4.90 Å². The largest absolute Gasteiger partial charge is 0.507 e. The molecule has 6 heteroatoms. The molecule has 108 valence electrons. The molecule has 0 spiro atoms. The third-order valence-corrected chi connectivity index (χ3v) is 3.98. The number of imide groups is 1. The van der Waals surface area contributed by atoms with Gasteiger partial charge in [-0.1, -0.05) is 12.2 Å². The number of carbonyl (C=O) groups excluding carboxylic acids is 2. The Labute approximate surface area is 120 Å². The number of hydrogen-bond donors (Lipinski definition) is 2. The van der Waals surface area contributed by atoms with Gasteiger partial charge in [0, 0.05) is 0 Å². The molecule has 3 rings (SSSR count). The molecule has 0 unspecified atom stereocenters. The Morgan fingerprint density at radius 3 is 2.19 bits per heavy atom. The van der Waals surface area contributed by atoms with Crippen LogP contribution in [0.2, 0.25) is 0 Å². The van der Waals surface area contributed by atoms with E-state index in [4.69, 9.17) is 5.11 Å². The van der Waals surface area contributed by atoms with Crippen molar-refractivity contribution in [3.8, 4) is 5.75 Å². The highest BCUT2D eigenvalue weighted by atomic mass is 16.4. The van der Waals surface area contributed by atoms with E-state index in [1.54, 1.807) is 0 Å². The van der Waals surface area contributed by atoms with Crippen LogP contribution in [0.3, 0.4) is 0 Å². The monoisotopic (exact) mass is 287 g/mol. The van der Waals surface area contributed by atoms with Crippen molar-refractivity contribution in [2.24, 2.45) is 11.8 Å². The van der Waals surface area contributed by atoms with Crippen molar-refractivity contribution in [2.45, 2.75) is 12.8 Å². The molecule has 1 fully saturated rings. The summed E-state index contributed by atoms with van der Waals surface area (Å²) in [5, 5.41) is 18.5. The fraction of sp³-hybridized carbons (Fsp3) is 0.267. The molecule has 0 bridgehead atoms. The molecule has 1 aliphatic heterocycles. The molecule has 1 heterocycles. The van der Waals surface area contributed by atoms with Crippen LogP contribution in [-0.4, -0.2) is 28.0 Å². The highest BCUT2D eigenvalue weighted by Crippen LogP contribution is 2.38. The van der Waals surface area contributed by atoms with Gasteiger partial charge in [-0.05, 0) is 31.0 Å². The molecule has 0 aromatic heterocycles. The van der Waals surface area contributed by atoms with Gasteiger partial charge in [0.05, 0.1) is 17.5 Å². The molecule has 2 N–H and O–H groups in total. The maximum absolute atomic E-state index is 12.4. The van der Waals surface area contributed by atoms with Gasteiger partial charge in [0.25, 0.3) is 0 Å². The summed E-state index contributed by atoms with van der Waals surface area (Å²) < 4.78 is 0. The first-order valence-corrected chi connectivity index (χ1v) is 6.60. The minimum Gasteiger partial charge on any atom is -0.507 e. The Bertz CT molecular complexity index is 653. The van der Waals surface area contributed by atoms with Gasteiger partial charge in [-0.2, -0.15) is 0 Å². The van der Waals surface area contributed by atoms with E-state index in [0.717, 1.165) is 11.0 Å². The lowest BCUT2D eigenvalue weighted by Crippen LogP contribution is -2.31. The molecule has 2 aliphatic rings. The van der Waals surface area contributed by atoms with E-state index in [1.165, 1.54) is 12.1 Å². The van der Waals surface area contributed by atoms with E-state index >= 15 is 0 Å². The van der Waals surface area contributed by atoms with E-state index < -0.39 is 11.7 Å². The van der Waals surface area contributed by atoms with Crippen LogP contribution in [0.15, 0.2) is 30.4 Å². The van der Waals surface area contributed by atoms with Gasteiger partial charge in [-0.25, -0.2) is 4.79 Å². The maximum atomic E-state index is 12.4. The lowest BCUT2D eigenvalue weighted by molar-refractivity contribution is -0.122. The molecule has 0 saturated carbocycles. The number of hydrogen-bond acceptors (Lipinski definition) is 4. The second-order valence-corrected chi connectivity index (χ2v) is 5.17. The Morgan fingerprint density at radius 1 is 1.10 bits per heavy atom. The van der Waals surface area contributed by atoms with Crippen molar-refractivity contribution in [3.05, 3.63) is 35.9 Å². The minimum atomic E-state index is -1.31. The Kier molecular flexibility index (Phi) is 3.01. The number of nitrogens with zero attached hydrogens (tertiary/aromatic N) is 1. The summed E-state index contributed by atoms with van der Waals surface area (Å²) in [4.78, 5) is 36.8. The average Bonchev–Trinajstić information content (AvgIpc) is 2.72. The molecular formula is C15H13NO5. The van der Waals surface area contributed by atoms with E-state index in [-0.39, 0.29) is 34.9 Å². The van der Waals surface area contributed by atoms with E-state index in [2.05, 4.69) is 0 Å². The van der Waals surface area contributed by atoms with Gasteiger partial charge >= 0.3 is 5.97 Å². The number of aromatic carboxylic acids is 1. The summed E-state index contributed by atoms with van der Waals surface area (Å²) in [6, 6.07) is 3.71. The number of carbonyl (C=O) groups is 3. The molecule has 0 radical (unpaired) electrons. The van der Waals surface area contributed by atoms with Gasteiger partial charge in [0.15, 0.2) is 0 Å². The zero-order chi connectivity index (χ0) is 15.1. The quantitative estimate of drug-likeness (QED) is 0.635. The number of allylic oxidation sites excluding steroid dienone is 2. The number of fused-ring (bicyclic) bond motifs is 1. The van der Waals surface area contributed by atoms with Crippen molar-refractivity contribution in [1.82, 2.24) is 0 Å². The minimum absolute atomic E-state index is 0.189. The summed E-state index contributed by atoms with van der Waals surface area (Å²) in [5.41, 5.74) is -0.143. The molecule has 1 aromatic carbocycles. The van der Waals surface area contributed by atoms with Crippen LogP contribution in [0.25, 0.3) is 0 Å². The molecule has 6 nitrogen and oxygen atoms in total. The van der Waals surface area contributed by atoms with E-state index in [9.17, 15) is 19.5 Å². The van der Waals surface area contributed by atoms with Gasteiger partial charge in [0.2, 0.25) is 11.8 Å². The Morgan fingerprint density at radius 2 is 1.67 bits per heavy atom. The van der Waals surface area contributed by atoms with Crippen LogP contribution in [0, 0.1) is 11.8 Å². The van der Waals surface area contributed by atoms with Gasteiger partial charge < -0.3 is 10.2 Å². The Balaban J connectivity index is 2.01. The summed E-state index contributed by atoms with van der Waals surface area (Å²) in [6.45, 7) is 0. The van der Waals surface area contributed by atoms with Crippen LogP contribution in [0.5, 0.6) is 5.75 Å². The predicted molar refractivity (Wildman–Crippen MR) is 72.9 cm³/mol. The lowest BCUT2D eigenvalue weighted by atomic mass is 9.85. The second-order valence-electron chi connectivity index (χ2n) is 5.17. The van der Waals surface area contributed by atoms with Crippen LogP contribution < -0.4 is 4.90 Å². The third kappa shape index (κ3) is 1.99. The zero-order valence-electron chi connectivity index (χ0n) is 11.0. The normalized spacial score (nSPS) is 24.3. The number of benzene rings is 1. The number of carboxylic acid groups (broad SMARTS) is 1. The molecular weight excluding hydrogens is 274 g/mol. The Hall–Kier alpha value is -2.63. The summed E-state index contributed by atoms with van der Waals surface area (Å²) in [7, 11) is 0. The molecule has 21 heavy (non-hydrogen) atoms. The van der Waals surface area contributed by atoms with Gasteiger partial charge in [-0.3, -0.25) is 14.5 Å². The lowest BCUT2D eigenvalue weighted by Gasteiger charge is -2.15. The van der Waals surface area contributed by atoms with E-state index in [0.29, 0.717) is 12.8 Å². The smallest absolute Gasteiger partial charge is 0.339 e. The van der Waals surface area contributed by atoms with Crippen LogP contribution in [0.1, 0.15) is 23.2 Å². The van der Waals surface area contributed by atoms with Crippen molar-refractivity contribution < 1.29 is 24.6 Å². The first-order valence-electron chi connectivity index (χ1n) is 6.60. The van der Waals surface area contributed by atoms with Gasteiger partial charge in [-0.15, -0.1) is 0 Å². The molecule has 2 amide bonds. The predicted octanol–water partition coefficient (Wildman–Crippen LogP) is 1.55. The highest BCUT2D eigenvalue weighted by Gasteiger charge is 2.47. The summed E-state index contributed by atoms with van der Waals surface area (Å²) >= 11 is 0. The zero-order valence-corrected chi connectivity index (χ0v) is 11.0. The molecule has 1 aliphatic carbocycles. The molecule has 1 saturated heterocycles. The fourth-order valence-electron chi connectivity index (χ4n) is 2.89. The van der Waals surface area contributed by atoms with Crippen molar-refractivity contribution >= 4 is 23.5 Å². The topological polar surface area (TPSA) is 94.9 Å². The van der Waals surface area contributed by atoms with Crippen molar-refractivity contribution in [1.29, 1.82) is 0 Å². The average molecular weight is 287 g/mol. The van der Waals surface area contributed by atoms with Crippen LogP contribution >= 0.6 is 0 Å². The SMILES string of the molecule is O=C(O)c1cc(N2C(=O)[C@@H]3CC=CC[C@H]3C2=O)ccc1O. The van der Waals surface area contributed by atoms with Crippen molar-refractivity contribution in [3.63, 3.8) is 0 Å². The molecule has 2 atom stereocenters. The van der Waals surface area contributed by atoms with Crippen LogP contribution in [-0.2, 0) is 9.59 Å². The highest BCUT2D eigenvalue weighted by molar-refractivity contribution is 6.22. The molecule has 1 aromatic rings.